The third-order valence-electron chi connectivity index (χ3n) is 11.9. The number of carbonyl (C=O) groups is 2. The maximum Gasteiger partial charge on any atom is 0.265 e. The van der Waals surface area contributed by atoms with E-state index in [1.807, 2.05) is 76.4 Å². The number of fused-ring (bicyclic) bond motifs is 5. The lowest BCUT2D eigenvalue weighted by Crippen LogP contribution is -2.68. The Balaban J connectivity index is 1.48. The maximum atomic E-state index is 15.7. The summed E-state index contributed by atoms with van der Waals surface area (Å²) in [6.07, 6.45) is 0.939. The third-order valence-corrected chi connectivity index (χ3v) is 16.9. The van der Waals surface area contributed by atoms with Crippen molar-refractivity contribution >= 4 is 58.0 Å². The highest BCUT2D eigenvalue weighted by atomic mass is 79.9. The molecule has 9 nitrogen and oxygen atoms in total. The van der Waals surface area contributed by atoms with E-state index in [9.17, 15) is 5.11 Å². The number of carbonyl (C=O) groups excluding carboxylic acids is 2. The van der Waals surface area contributed by atoms with Gasteiger partial charge in [0.1, 0.15) is 17.9 Å². The first-order valence-electron chi connectivity index (χ1n) is 17.9. The summed E-state index contributed by atoms with van der Waals surface area (Å²) in [5.41, 5.74) is 2.91. The van der Waals surface area contributed by atoms with Gasteiger partial charge in [-0.15, -0.1) is 0 Å². The normalized spacial score (nSPS) is 23.0. The summed E-state index contributed by atoms with van der Waals surface area (Å²) < 4.78 is 20.4. The molecule has 0 spiro atoms. The molecule has 1 heterocycles. The van der Waals surface area contributed by atoms with E-state index in [-0.39, 0.29) is 40.3 Å². The van der Waals surface area contributed by atoms with Crippen molar-refractivity contribution in [1.82, 2.24) is 10.1 Å². The molecule has 3 aliphatic carbocycles. The van der Waals surface area contributed by atoms with E-state index < -0.39 is 37.4 Å². The van der Waals surface area contributed by atoms with Crippen LogP contribution in [0.2, 0.25) is 18.1 Å². The van der Waals surface area contributed by atoms with Gasteiger partial charge in [0.05, 0.1) is 6.04 Å². The Kier molecular flexibility index (Phi) is 8.92. The fourth-order valence-corrected chi connectivity index (χ4v) is 10.4. The number of ether oxygens (including phenoxy) is 1. The van der Waals surface area contributed by atoms with Gasteiger partial charge in [-0.2, -0.15) is 0 Å². The molecule has 1 fully saturated rings. The van der Waals surface area contributed by atoms with Crippen LogP contribution in [0.4, 0.5) is 5.69 Å². The minimum atomic E-state index is -2.84. The Morgan fingerprint density at radius 1 is 1.02 bits per heavy atom. The van der Waals surface area contributed by atoms with Crippen LogP contribution < -0.4 is 9.64 Å². The van der Waals surface area contributed by atoms with Crippen LogP contribution >= 0.6 is 15.9 Å². The molecule has 274 valence electrons. The first kappa shape index (κ1) is 36.6. The van der Waals surface area contributed by atoms with Crippen LogP contribution in [0.1, 0.15) is 71.6 Å². The zero-order chi connectivity index (χ0) is 37.7. The number of ketones is 2. The molecule has 3 aromatic carbocycles. The van der Waals surface area contributed by atoms with Crippen molar-refractivity contribution in [1.29, 1.82) is 0 Å². The topological polar surface area (TPSA) is 105 Å². The van der Waals surface area contributed by atoms with Crippen molar-refractivity contribution in [2.24, 2.45) is 11.8 Å². The van der Waals surface area contributed by atoms with Gasteiger partial charge in [-0.25, -0.2) is 0 Å². The fraction of sp³-hybridized carbons (Fsp3) is 0.439. The number of aliphatic hydroxyl groups excluding tert-OH is 1. The molecule has 7 rings (SSSR count). The summed E-state index contributed by atoms with van der Waals surface area (Å²) in [5.74, 6) is -1.62. The highest BCUT2D eigenvalue weighted by molar-refractivity contribution is 9.10. The second-order valence-corrected chi connectivity index (χ2v) is 22.2. The largest absolute Gasteiger partial charge is 0.507 e. The second kappa shape index (κ2) is 12.7. The summed E-state index contributed by atoms with van der Waals surface area (Å²) >= 11 is 3.64. The highest BCUT2D eigenvalue weighted by Crippen LogP contribution is 2.59. The fourth-order valence-electron chi connectivity index (χ4n) is 8.55. The molecule has 0 unspecified atom stereocenters. The molecule has 1 saturated carbocycles. The third kappa shape index (κ3) is 5.41. The predicted octanol–water partition coefficient (Wildman–Crippen LogP) is 8.83. The van der Waals surface area contributed by atoms with Gasteiger partial charge in [0.15, 0.2) is 19.7 Å². The number of hydrogen-bond donors (Lipinski definition) is 1. The number of aliphatic hydroxyl groups is 1. The molecule has 3 aliphatic rings. The van der Waals surface area contributed by atoms with Crippen LogP contribution in [0.15, 0.2) is 63.1 Å². The molecule has 4 atom stereocenters. The van der Waals surface area contributed by atoms with Crippen molar-refractivity contribution in [2.45, 2.75) is 76.9 Å². The number of benzene rings is 3. The van der Waals surface area contributed by atoms with Crippen molar-refractivity contribution in [3.63, 3.8) is 0 Å². The van der Waals surface area contributed by atoms with E-state index >= 15 is 9.59 Å². The Labute approximate surface area is 315 Å². The van der Waals surface area contributed by atoms with Gasteiger partial charge < -0.3 is 23.7 Å². The molecular weight excluding hydrogens is 738 g/mol. The molecule has 1 N–H and O–H groups in total. The minimum absolute atomic E-state index is 0.0398. The zero-order valence-electron chi connectivity index (χ0n) is 31.7. The Bertz CT molecular complexity index is 2150. The summed E-state index contributed by atoms with van der Waals surface area (Å²) in [6, 6.07) is 15.3. The number of aryl methyl sites for hydroxylation is 1. The lowest BCUT2D eigenvalue weighted by molar-refractivity contribution is -0.140. The number of Topliss-reactive ketones (excluding diaryl/α,β-unsaturated/α-hetero) is 2. The van der Waals surface area contributed by atoms with Gasteiger partial charge in [0.25, 0.3) is 5.88 Å². The quantitative estimate of drug-likeness (QED) is 0.145. The van der Waals surface area contributed by atoms with Crippen molar-refractivity contribution in [2.75, 3.05) is 33.1 Å². The van der Waals surface area contributed by atoms with Gasteiger partial charge in [-0.05, 0) is 97.3 Å². The van der Waals surface area contributed by atoms with E-state index in [1.54, 1.807) is 0 Å². The van der Waals surface area contributed by atoms with Crippen molar-refractivity contribution in [3.05, 3.63) is 92.2 Å². The van der Waals surface area contributed by atoms with Gasteiger partial charge in [-0.3, -0.25) is 14.5 Å². The summed E-state index contributed by atoms with van der Waals surface area (Å²) in [6.45, 7) is 12.6. The maximum absolute atomic E-state index is 15.7. The molecular formula is C41H48BrN3O6Si. The molecule has 0 amide bonds. The monoisotopic (exact) mass is 785 g/mol. The molecule has 0 saturated heterocycles. The van der Waals surface area contributed by atoms with Crippen LogP contribution in [0.5, 0.6) is 5.88 Å². The number of halogens is 1. The molecule has 0 bridgehead atoms. The van der Waals surface area contributed by atoms with E-state index in [1.165, 1.54) is 0 Å². The van der Waals surface area contributed by atoms with Crippen LogP contribution in [-0.2, 0) is 22.2 Å². The molecule has 0 radical (unpaired) electrons. The average Bonchev–Trinajstić information content (AvgIpc) is 3.48. The lowest BCUT2D eigenvalue weighted by Gasteiger charge is -2.55. The smallest absolute Gasteiger partial charge is 0.265 e. The highest BCUT2D eigenvalue weighted by Gasteiger charge is 2.69. The number of anilines is 1. The van der Waals surface area contributed by atoms with E-state index in [4.69, 9.17) is 13.7 Å². The van der Waals surface area contributed by atoms with E-state index in [2.05, 4.69) is 72.0 Å². The summed E-state index contributed by atoms with van der Waals surface area (Å²) in [7, 11) is 5.03. The first-order valence-corrected chi connectivity index (χ1v) is 21.6. The van der Waals surface area contributed by atoms with Gasteiger partial charge in [-0.1, -0.05) is 73.1 Å². The molecule has 4 aromatic rings. The van der Waals surface area contributed by atoms with Gasteiger partial charge >= 0.3 is 0 Å². The second-order valence-electron chi connectivity index (χ2n) is 16.6. The Morgan fingerprint density at radius 2 is 1.71 bits per heavy atom. The first-order chi connectivity index (χ1) is 24.4. The molecule has 52 heavy (non-hydrogen) atoms. The summed E-state index contributed by atoms with van der Waals surface area (Å²) in [4.78, 5) is 35.3. The average molecular weight is 787 g/mol. The van der Waals surface area contributed by atoms with E-state index in [0.29, 0.717) is 24.2 Å². The molecule has 0 aliphatic heterocycles. The number of nitrogens with zero attached hydrogens (tertiary/aromatic N) is 3. The number of rotatable bonds is 7. The van der Waals surface area contributed by atoms with Crippen molar-refractivity contribution in [3.8, 4) is 5.88 Å². The van der Waals surface area contributed by atoms with E-state index in [0.717, 1.165) is 37.6 Å². The van der Waals surface area contributed by atoms with Crippen LogP contribution in [-0.4, -0.2) is 68.8 Å². The summed E-state index contributed by atoms with van der Waals surface area (Å²) in [5, 5.41) is 18.5. The lowest BCUT2D eigenvalue weighted by atomic mass is 9.57. The number of hydrogen-bond acceptors (Lipinski definition) is 9. The van der Waals surface area contributed by atoms with Gasteiger partial charge in [0, 0.05) is 46.7 Å². The molecule has 11 heteroatoms. The van der Waals surface area contributed by atoms with Gasteiger partial charge in [0.2, 0.25) is 11.6 Å². The molecule has 1 aromatic heterocycles. The number of aromatic nitrogens is 1. The van der Waals surface area contributed by atoms with Crippen LogP contribution in [0.25, 0.3) is 16.5 Å². The standard InChI is InChI=1S/C41H48BrN3O6Si/c1-22-27-20-25(42)16-17-26(27)33(44(5)6)28-18-24-19-29-34(45(7)8)36-32(39(43-50-36)49-21-23-14-12-11-13-15-23)38(48)41(29,51-52(9,10)40(2,3)4)37(47)31(24)35(46)30(22)28/h11-17,20,24,29,34,46H,18-19,21H2,1-10H3/t24-,29-,34-,41-/m0/s1. The minimum Gasteiger partial charge on any atom is -0.507 e. The van der Waals surface area contributed by atoms with Crippen molar-refractivity contribution < 1.29 is 28.4 Å². The Hall–Kier alpha value is -3.77. The van der Waals surface area contributed by atoms with Crippen LogP contribution in [0, 0.1) is 18.8 Å². The zero-order valence-corrected chi connectivity index (χ0v) is 34.3. The van der Waals surface area contributed by atoms with Crippen LogP contribution in [0.3, 0.4) is 0 Å². The predicted molar refractivity (Wildman–Crippen MR) is 210 cm³/mol. The Morgan fingerprint density at radius 3 is 2.35 bits per heavy atom. The SMILES string of the molecule is Cc1c2c(c(N(C)C)c3ccc(Br)cc13)C[C@H]1C[C@H]3[C@H](N(C)C)c4onc(OCc5ccccc5)c4C(=O)[C@@]3(O[Si](C)(C)C(C)(C)C)C(=O)C1=C2O.